The van der Waals surface area contributed by atoms with Crippen LogP contribution >= 0.6 is 0 Å². The Morgan fingerprint density at radius 3 is 2.68 bits per heavy atom. The van der Waals surface area contributed by atoms with Gasteiger partial charge in [-0.3, -0.25) is 10.3 Å². The predicted molar refractivity (Wildman–Crippen MR) is 87.2 cm³/mol. The number of nitrogens with zero attached hydrogens (tertiary/aromatic N) is 1. The highest BCUT2D eigenvalue weighted by atomic mass is 16.6. The zero-order chi connectivity index (χ0) is 16.2. The van der Waals surface area contributed by atoms with Gasteiger partial charge in [-0.2, -0.15) is 0 Å². The van der Waals surface area contributed by atoms with Gasteiger partial charge in [-0.15, -0.1) is 0 Å². The molecule has 5 heteroatoms. The first kappa shape index (κ1) is 16.5. The summed E-state index contributed by atoms with van der Waals surface area (Å²) in [4.78, 5) is 16.3. The molecular formula is C17H24N2O3. The number of hydrogen-bond donors (Lipinski definition) is 1. The summed E-state index contributed by atoms with van der Waals surface area (Å²) < 4.78 is 11.1. The molecule has 1 aromatic carbocycles. The molecule has 1 heterocycles. The average molecular weight is 304 g/mol. The van der Waals surface area contributed by atoms with E-state index in [1.165, 1.54) is 0 Å². The van der Waals surface area contributed by atoms with Gasteiger partial charge in [0.2, 0.25) is 0 Å². The second-order valence-electron chi connectivity index (χ2n) is 6.99. The number of benzene rings is 1. The number of anilines is 1. The van der Waals surface area contributed by atoms with Crippen LogP contribution in [-0.4, -0.2) is 31.7 Å². The molecule has 0 bridgehead atoms. The molecule has 22 heavy (non-hydrogen) atoms. The number of ether oxygens (including phenoxy) is 2. The molecule has 5 nitrogen and oxygen atoms in total. The van der Waals surface area contributed by atoms with E-state index in [1.807, 2.05) is 50.4 Å². The van der Waals surface area contributed by atoms with E-state index in [0.717, 1.165) is 0 Å². The van der Waals surface area contributed by atoms with Gasteiger partial charge in [0.1, 0.15) is 6.61 Å². The van der Waals surface area contributed by atoms with Crippen molar-refractivity contribution < 1.29 is 14.3 Å². The second-order valence-corrected chi connectivity index (χ2v) is 6.99. The van der Waals surface area contributed by atoms with Crippen molar-refractivity contribution in [2.75, 3.05) is 18.5 Å². The lowest BCUT2D eigenvalue weighted by molar-refractivity contribution is -0.0681. The van der Waals surface area contributed by atoms with Gasteiger partial charge in [-0.05, 0) is 12.1 Å². The number of para-hydroxylation sites is 1. The quantitative estimate of drug-likeness (QED) is 0.922. The number of carbonyl (C=O) groups is 1. The van der Waals surface area contributed by atoms with Crippen LogP contribution < -0.4 is 5.32 Å². The molecule has 2 rings (SSSR count). The summed E-state index contributed by atoms with van der Waals surface area (Å²) in [5, 5.41) is 2.69. The normalized spacial score (nSPS) is 20.5. The van der Waals surface area contributed by atoms with Crippen LogP contribution in [0.2, 0.25) is 0 Å². The van der Waals surface area contributed by atoms with Crippen molar-refractivity contribution in [3.63, 3.8) is 0 Å². The van der Waals surface area contributed by atoms with Crippen LogP contribution in [0.25, 0.3) is 0 Å². The molecule has 1 unspecified atom stereocenters. The lowest BCUT2D eigenvalue weighted by Crippen LogP contribution is -2.41. The molecule has 1 N–H and O–H groups in total. The minimum absolute atomic E-state index is 0.0435. The van der Waals surface area contributed by atoms with Gasteiger partial charge in [-0.25, -0.2) is 4.79 Å². The molecule has 0 spiro atoms. The van der Waals surface area contributed by atoms with Gasteiger partial charge in [-0.1, -0.05) is 45.9 Å². The van der Waals surface area contributed by atoms with Gasteiger partial charge in [0.15, 0.2) is 6.23 Å². The predicted octanol–water partition coefficient (Wildman–Crippen LogP) is 3.71. The van der Waals surface area contributed by atoms with Gasteiger partial charge in [0.05, 0.1) is 6.61 Å². The molecule has 1 atom stereocenters. The zero-order valence-electron chi connectivity index (χ0n) is 13.6. The summed E-state index contributed by atoms with van der Waals surface area (Å²) >= 11 is 0. The maximum absolute atomic E-state index is 11.8. The van der Waals surface area contributed by atoms with E-state index in [4.69, 9.17) is 9.47 Å². The lowest BCUT2D eigenvalue weighted by Gasteiger charge is -2.36. The zero-order valence-corrected chi connectivity index (χ0v) is 13.6. The average Bonchev–Trinajstić information content (AvgIpc) is 2.46. The number of rotatable bonds is 4. The summed E-state index contributed by atoms with van der Waals surface area (Å²) in [5.41, 5.74) is 0.276. The van der Waals surface area contributed by atoms with Crippen molar-refractivity contribution >= 4 is 18.0 Å². The van der Waals surface area contributed by atoms with E-state index in [-0.39, 0.29) is 23.7 Å². The Morgan fingerprint density at radius 2 is 2.09 bits per heavy atom. The van der Waals surface area contributed by atoms with Crippen LogP contribution in [0.1, 0.15) is 27.7 Å². The highest BCUT2D eigenvalue weighted by Gasteiger charge is 2.35. The second kappa shape index (κ2) is 6.48. The molecule has 1 amide bonds. The van der Waals surface area contributed by atoms with Crippen molar-refractivity contribution in [3.05, 3.63) is 30.3 Å². The Balaban J connectivity index is 1.86. The molecule has 0 saturated carbocycles. The number of carbonyl (C=O) groups excluding carboxylic acids is 1. The minimum Gasteiger partial charge on any atom is -0.449 e. The molecular weight excluding hydrogens is 280 g/mol. The Labute approximate surface area is 131 Å². The minimum atomic E-state index is -0.473. The summed E-state index contributed by atoms with van der Waals surface area (Å²) in [6, 6.07) is 9.21. The first-order valence-electron chi connectivity index (χ1n) is 7.43. The molecule has 1 aromatic rings. The van der Waals surface area contributed by atoms with Crippen LogP contribution in [0, 0.1) is 10.8 Å². The van der Waals surface area contributed by atoms with Crippen LogP contribution in [0.3, 0.4) is 0 Å². The van der Waals surface area contributed by atoms with Crippen LogP contribution in [0.5, 0.6) is 0 Å². The number of amides is 1. The third-order valence-electron chi connectivity index (χ3n) is 3.44. The van der Waals surface area contributed by atoms with Gasteiger partial charge >= 0.3 is 6.09 Å². The molecule has 120 valence electrons. The van der Waals surface area contributed by atoms with E-state index in [2.05, 4.69) is 24.2 Å². The highest BCUT2D eigenvalue weighted by Crippen LogP contribution is 2.30. The fourth-order valence-corrected chi connectivity index (χ4v) is 2.07. The third-order valence-corrected chi connectivity index (χ3v) is 3.44. The molecule has 0 fully saturated rings. The monoisotopic (exact) mass is 304 g/mol. The molecule has 0 aliphatic carbocycles. The van der Waals surface area contributed by atoms with E-state index < -0.39 is 6.09 Å². The van der Waals surface area contributed by atoms with Crippen LogP contribution in [0.4, 0.5) is 10.5 Å². The van der Waals surface area contributed by atoms with E-state index in [9.17, 15) is 4.79 Å². The largest absolute Gasteiger partial charge is 0.449 e. The van der Waals surface area contributed by atoms with E-state index >= 15 is 0 Å². The number of hydrogen-bond acceptors (Lipinski definition) is 4. The summed E-state index contributed by atoms with van der Waals surface area (Å²) in [7, 11) is 0. The topological polar surface area (TPSA) is 59.9 Å². The Bertz CT molecular complexity index is 538. The van der Waals surface area contributed by atoms with Crippen molar-refractivity contribution in [3.8, 4) is 0 Å². The van der Waals surface area contributed by atoms with Crippen LogP contribution in [-0.2, 0) is 9.47 Å². The maximum atomic E-state index is 11.8. The van der Waals surface area contributed by atoms with E-state index in [1.54, 1.807) is 0 Å². The SMILES string of the molecule is CC1(C)C=NC(C(C)(C)COC(=O)Nc2ccccc2)OC1. The van der Waals surface area contributed by atoms with Gasteiger partial charge in [0.25, 0.3) is 0 Å². The molecule has 0 radical (unpaired) electrons. The van der Waals surface area contributed by atoms with Crippen molar-refractivity contribution in [1.29, 1.82) is 0 Å². The summed E-state index contributed by atoms with van der Waals surface area (Å²) in [6.07, 6.45) is 1.15. The molecule has 1 aliphatic heterocycles. The summed E-state index contributed by atoms with van der Waals surface area (Å²) in [6.45, 7) is 8.94. The molecule has 1 aliphatic rings. The number of aliphatic imine (C=N–C) groups is 1. The first-order valence-corrected chi connectivity index (χ1v) is 7.43. The molecule has 0 saturated heterocycles. The smallest absolute Gasteiger partial charge is 0.411 e. The van der Waals surface area contributed by atoms with Crippen molar-refractivity contribution in [2.24, 2.45) is 15.8 Å². The lowest BCUT2D eigenvalue weighted by atomic mass is 9.89. The Hall–Kier alpha value is -1.88. The van der Waals surface area contributed by atoms with Gasteiger partial charge < -0.3 is 9.47 Å². The van der Waals surface area contributed by atoms with E-state index in [0.29, 0.717) is 12.3 Å². The fourth-order valence-electron chi connectivity index (χ4n) is 2.07. The fraction of sp³-hybridized carbons (Fsp3) is 0.529. The Morgan fingerprint density at radius 1 is 1.41 bits per heavy atom. The van der Waals surface area contributed by atoms with Crippen molar-refractivity contribution in [2.45, 2.75) is 33.9 Å². The maximum Gasteiger partial charge on any atom is 0.411 e. The molecule has 0 aromatic heterocycles. The highest BCUT2D eigenvalue weighted by molar-refractivity contribution is 5.84. The number of nitrogens with one attached hydrogen (secondary N) is 1. The first-order chi connectivity index (χ1) is 10.3. The van der Waals surface area contributed by atoms with Crippen molar-refractivity contribution in [1.82, 2.24) is 0 Å². The van der Waals surface area contributed by atoms with Crippen LogP contribution in [0.15, 0.2) is 35.3 Å². The summed E-state index contributed by atoms with van der Waals surface area (Å²) in [5.74, 6) is 0. The standard InChI is InChI=1S/C17H24N2O3/c1-16(2)10-18-14(21-11-16)17(3,4)12-22-15(20)19-13-8-6-5-7-9-13/h5-10,14H,11-12H2,1-4H3,(H,19,20). The van der Waals surface area contributed by atoms with Gasteiger partial charge in [0, 0.05) is 22.7 Å². The Kier molecular flexibility index (Phi) is 4.86. The third kappa shape index (κ3) is 4.56.